The summed E-state index contributed by atoms with van der Waals surface area (Å²) in [6.45, 7) is 0. The summed E-state index contributed by atoms with van der Waals surface area (Å²) in [7, 11) is -3.84. The standard InChI is InChI=1S/C19H11ClN4O2S3/c20-13-10-11(8-9-12(13)19-21-14-4-1-2-6-16(14)27-19)24-29(25,26)17-7-3-5-15-18(17)23-28-22-15/h1-10,24H. The molecule has 0 aliphatic carbocycles. The van der Waals surface area contributed by atoms with Crippen molar-refractivity contribution in [1.29, 1.82) is 0 Å². The predicted molar refractivity (Wildman–Crippen MR) is 118 cm³/mol. The number of halogens is 1. The summed E-state index contributed by atoms with van der Waals surface area (Å²) in [5.74, 6) is 0. The van der Waals surface area contributed by atoms with E-state index in [0.717, 1.165) is 32.5 Å². The van der Waals surface area contributed by atoms with Gasteiger partial charge in [0, 0.05) is 5.56 Å². The molecule has 1 N–H and O–H groups in total. The Bertz CT molecular complexity index is 1440. The second kappa shape index (κ2) is 7.03. The van der Waals surface area contributed by atoms with Crippen LogP contribution in [0.15, 0.2) is 65.6 Å². The normalized spacial score (nSPS) is 11.9. The molecule has 0 atom stereocenters. The summed E-state index contributed by atoms with van der Waals surface area (Å²) in [5.41, 5.74) is 2.91. The second-order valence-electron chi connectivity index (χ2n) is 6.17. The molecule has 0 saturated carbocycles. The first-order valence-corrected chi connectivity index (χ1v) is 11.8. The maximum absolute atomic E-state index is 12.9. The fourth-order valence-corrected chi connectivity index (χ4v) is 6.10. The number of nitrogens with zero attached hydrogens (tertiary/aromatic N) is 3. The molecule has 5 rings (SSSR count). The van der Waals surface area contributed by atoms with Crippen LogP contribution in [0.2, 0.25) is 5.02 Å². The van der Waals surface area contributed by atoms with Crippen LogP contribution in [0.3, 0.4) is 0 Å². The molecule has 0 spiro atoms. The van der Waals surface area contributed by atoms with Crippen molar-refractivity contribution in [2.75, 3.05) is 4.72 Å². The van der Waals surface area contributed by atoms with Gasteiger partial charge in [-0.25, -0.2) is 13.4 Å². The van der Waals surface area contributed by atoms with Gasteiger partial charge in [-0.05, 0) is 42.5 Å². The number of sulfonamides is 1. The van der Waals surface area contributed by atoms with Gasteiger partial charge in [0.2, 0.25) is 0 Å². The fraction of sp³-hybridized carbons (Fsp3) is 0. The summed E-state index contributed by atoms with van der Waals surface area (Å²) in [4.78, 5) is 4.68. The van der Waals surface area contributed by atoms with E-state index in [0.29, 0.717) is 21.7 Å². The number of aromatic nitrogens is 3. The largest absolute Gasteiger partial charge is 0.280 e. The molecule has 0 radical (unpaired) electrons. The summed E-state index contributed by atoms with van der Waals surface area (Å²) in [6.07, 6.45) is 0. The molecule has 144 valence electrons. The van der Waals surface area contributed by atoms with Gasteiger partial charge < -0.3 is 0 Å². The molecule has 0 aliphatic rings. The lowest BCUT2D eigenvalue weighted by molar-refractivity contribution is 0.602. The maximum Gasteiger partial charge on any atom is 0.264 e. The lowest BCUT2D eigenvalue weighted by atomic mass is 10.2. The SMILES string of the molecule is O=S(=O)(Nc1ccc(-c2nc3ccccc3s2)c(Cl)c1)c1cccc2nsnc12. The van der Waals surface area contributed by atoms with E-state index in [1.54, 1.807) is 30.3 Å². The number of anilines is 1. The minimum Gasteiger partial charge on any atom is -0.280 e. The summed E-state index contributed by atoms with van der Waals surface area (Å²) < 4.78 is 37.6. The highest BCUT2D eigenvalue weighted by atomic mass is 35.5. The van der Waals surface area contributed by atoms with Crippen LogP contribution in [0.5, 0.6) is 0 Å². The zero-order chi connectivity index (χ0) is 20.0. The van der Waals surface area contributed by atoms with Crippen molar-refractivity contribution in [2.24, 2.45) is 0 Å². The highest BCUT2D eigenvalue weighted by molar-refractivity contribution is 7.93. The zero-order valence-electron chi connectivity index (χ0n) is 14.5. The molecule has 0 aliphatic heterocycles. The molecule has 0 unspecified atom stereocenters. The van der Waals surface area contributed by atoms with Gasteiger partial charge in [-0.15, -0.1) is 11.3 Å². The van der Waals surface area contributed by atoms with Crippen molar-refractivity contribution < 1.29 is 8.42 Å². The van der Waals surface area contributed by atoms with Crippen molar-refractivity contribution in [3.05, 3.63) is 65.7 Å². The Morgan fingerprint density at radius 1 is 0.931 bits per heavy atom. The van der Waals surface area contributed by atoms with E-state index in [2.05, 4.69) is 18.5 Å². The van der Waals surface area contributed by atoms with Crippen molar-refractivity contribution in [2.45, 2.75) is 4.90 Å². The monoisotopic (exact) mass is 458 g/mol. The predicted octanol–water partition coefficient (Wildman–Crippen LogP) is 5.42. The maximum atomic E-state index is 12.9. The van der Waals surface area contributed by atoms with Crippen LogP contribution < -0.4 is 4.72 Å². The zero-order valence-corrected chi connectivity index (χ0v) is 17.7. The van der Waals surface area contributed by atoms with Crippen LogP contribution in [0.1, 0.15) is 0 Å². The Balaban J connectivity index is 1.49. The molecular weight excluding hydrogens is 448 g/mol. The van der Waals surface area contributed by atoms with Gasteiger partial charge in [0.15, 0.2) is 0 Å². The van der Waals surface area contributed by atoms with Gasteiger partial charge in [-0.1, -0.05) is 29.8 Å². The molecule has 0 bridgehead atoms. The van der Waals surface area contributed by atoms with E-state index in [4.69, 9.17) is 11.6 Å². The second-order valence-corrected chi connectivity index (χ2v) is 9.79. The number of para-hydroxylation sites is 1. The minimum atomic E-state index is -3.84. The van der Waals surface area contributed by atoms with Crippen molar-refractivity contribution in [3.8, 4) is 10.6 Å². The van der Waals surface area contributed by atoms with Gasteiger partial charge in [-0.3, -0.25) is 4.72 Å². The molecule has 2 heterocycles. The van der Waals surface area contributed by atoms with Gasteiger partial charge >= 0.3 is 0 Å². The molecule has 0 fully saturated rings. The van der Waals surface area contributed by atoms with Crippen LogP contribution >= 0.6 is 34.7 Å². The molecule has 29 heavy (non-hydrogen) atoms. The average molecular weight is 459 g/mol. The average Bonchev–Trinajstić information content (AvgIpc) is 3.34. The fourth-order valence-electron chi connectivity index (χ4n) is 2.95. The van der Waals surface area contributed by atoms with E-state index < -0.39 is 10.0 Å². The summed E-state index contributed by atoms with van der Waals surface area (Å²) in [6, 6.07) is 17.7. The van der Waals surface area contributed by atoms with Gasteiger partial charge in [-0.2, -0.15) is 8.75 Å². The quantitative estimate of drug-likeness (QED) is 0.388. The van der Waals surface area contributed by atoms with Crippen LogP contribution in [0.25, 0.3) is 31.8 Å². The Morgan fingerprint density at radius 2 is 1.76 bits per heavy atom. The first kappa shape index (κ1) is 18.4. The third-order valence-electron chi connectivity index (χ3n) is 4.28. The first-order valence-electron chi connectivity index (χ1n) is 8.41. The topological polar surface area (TPSA) is 84.8 Å². The van der Waals surface area contributed by atoms with E-state index in [9.17, 15) is 8.42 Å². The Hall–Kier alpha value is -2.59. The molecule has 2 aromatic heterocycles. The Kier molecular flexibility index (Phi) is 4.47. The van der Waals surface area contributed by atoms with Gasteiger partial charge in [0.25, 0.3) is 10.0 Å². The smallest absolute Gasteiger partial charge is 0.264 e. The molecule has 0 amide bonds. The molecule has 6 nitrogen and oxygen atoms in total. The lowest BCUT2D eigenvalue weighted by Gasteiger charge is -2.10. The number of thiazole rings is 1. The molecule has 10 heteroatoms. The number of nitrogens with one attached hydrogen (secondary N) is 1. The van der Waals surface area contributed by atoms with Crippen molar-refractivity contribution in [3.63, 3.8) is 0 Å². The third-order valence-corrected chi connectivity index (χ3v) is 7.62. The Labute approximate surface area is 179 Å². The first-order chi connectivity index (χ1) is 14.0. The summed E-state index contributed by atoms with van der Waals surface area (Å²) in [5, 5.41) is 1.20. The number of rotatable bonds is 4. The number of fused-ring (bicyclic) bond motifs is 2. The third kappa shape index (κ3) is 3.36. The summed E-state index contributed by atoms with van der Waals surface area (Å²) >= 11 is 8.96. The number of hydrogen-bond acceptors (Lipinski definition) is 7. The lowest BCUT2D eigenvalue weighted by Crippen LogP contribution is -2.13. The van der Waals surface area contributed by atoms with Crippen molar-refractivity contribution >= 4 is 71.6 Å². The Morgan fingerprint density at radius 3 is 2.59 bits per heavy atom. The highest BCUT2D eigenvalue weighted by Crippen LogP contribution is 2.36. The van der Waals surface area contributed by atoms with Gasteiger partial charge in [0.1, 0.15) is 20.9 Å². The number of benzene rings is 3. The minimum absolute atomic E-state index is 0.0788. The van der Waals surface area contributed by atoms with Crippen molar-refractivity contribution in [1.82, 2.24) is 13.7 Å². The van der Waals surface area contributed by atoms with E-state index in [1.165, 1.54) is 17.4 Å². The van der Waals surface area contributed by atoms with Crippen LogP contribution in [-0.4, -0.2) is 22.1 Å². The molecule has 3 aromatic carbocycles. The molecule has 0 saturated heterocycles. The van der Waals surface area contributed by atoms with Gasteiger partial charge in [0.05, 0.1) is 32.7 Å². The molecular formula is C19H11ClN4O2S3. The molecule has 5 aromatic rings. The van der Waals surface area contributed by atoms with E-state index in [1.807, 2.05) is 24.3 Å². The van der Waals surface area contributed by atoms with E-state index >= 15 is 0 Å². The van der Waals surface area contributed by atoms with Crippen LogP contribution in [0.4, 0.5) is 5.69 Å². The van der Waals surface area contributed by atoms with Crippen LogP contribution in [0, 0.1) is 0 Å². The van der Waals surface area contributed by atoms with E-state index in [-0.39, 0.29) is 4.90 Å². The number of hydrogen-bond donors (Lipinski definition) is 1. The van der Waals surface area contributed by atoms with Crippen LogP contribution in [-0.2, 0) is 10.0 Å². The highest BCUT2D eigenvalue weighted by Gasteiger charge is 2.20.